The molecule has 0 saturated carbocycles. The molecule has 0 spiro atoms. The Bertz CT molecular complexity index is 1080. The molecule has 0 unspecified atom stereocenters. The van der Waals surface area contributed by atoms with Crippen molar-refractivity contribution in [2.45, 2.75) is 6.92 Å². The second-order valence-corrected chi connectivity index (χ2v) is 5.75. The average molecular weight is 367 g/mol. The number of hydrogen-bond acceptors (Lipinski definition) is 6. The number of rotatable bonds is 4. The van der Waals surface area contributed by atoms with Crippen LogP contribution in [0.4, 0.5) is 5.69 Å². The Morgan fingerprint density at radius 2 is 1.89 bits per heavy atom. The van der Waals surface area contributed by atoms with Crippen molar-refractivity contribution in [2.24, 2.45) is 0 Å². The van der Waals surface area contributed by atoms with Gasteiger partial charge in [-0.3, -0.25) is 9.59 Å². The van der Waals surface area contributed by atoms with Crippen LogP contribution >= 0.6 is 0 Å². The van der Waals surface area contributed by atoms with Crippen LogP contribution < -0.4 is 15.6 Å². The Morgan fingerprint density at radius 1 is 1.15 bits per heavy atom. The maximum Gasteiger partial charge on any atom is 0.279 e. The number of ether oxygens (including phenoxy) is 1. The number of aromatic nitrogens is 2. The largest absolute Gasteiger partial charge is 0.508 e. The van der Waals surface area contributed by atoms with Gasteiger partial charge in [-0.25, -0.2) is 0 Å². The van der Waals surface area contributed by atoms with Crippen LogP contribution in [-0.2, 0) is 0 Å². The number of carbonyl (C=O) groups is 1. The molecule has 8 nitrogen and oxygen atoms in total. The van der Waals surface area contributed by atoms with Crippen LogP contribution in [0.1, 0.15) is 16.1 Å². The number of benzene rings is 2. The molecule has 1 amide bonds. The summed E-state index contributed by atoms with van der Waals surface area (Å²) in [6.07, 6.45) is 0. The minimum Gasteiger partial charge on any atom is -0.508 e. The Morgan fingerprint density at radius 3 is 2.59 bits per heavy atom. The van der Waals surface area contributed by atoms with Crippen LogP contribution in [0, 0.1) is 6.92 Å². The predicted octanol–water partition coefficient (Wildman–Crippen LogP) is 2.21. The third-order valence-electron chi connectivity index (χ3n) is 3.90. The van der Waals surface area contributed by atoms with Gasteiger partial charge in [-0.15, -0.1) is 0 Å². The highest BCUT2D eigenvalue weighted by molar-refractivity contribution is 6.04. The molecule has 0 aliphatic rings. The molecule has 3 N–H and O–H groups in total. The summed E-state index contributed by atoms with van der Waals surface area (Å²) in [6, 6.07) is 12.0. The first-order chi connectivity index (χ1) is 12.9. The van der Waals surface area contributed by atoms with Crippen LogP contribution in [0.25, 0.3) is 5.69 Å². The number of anilines is 1. The molecule has 3 rings (SSSR count). The minimum absolute atomic E-state index is 0.0659. The molecule has 27 heavy (non-hydrogen) atoms. The fourth-order valence-electron chi connectivity index (χ4n) is 2.56. The Kier molecular flexibility index (Phi) is 4.80. The quantitative estimate of drug-likeness (QED) is 0.609. The average Bonchev–Trinajstić information content (AvgIpc) is 2.64. The maximum atomic E-state index is 12.6. The first kappa shape index (κ1) is 18.0. The lowest BCUT2D eigenvalue weighted by Crippen LogP contribution is -2.25. The highest BCUT2D eigenvalue weighted by Gasteiger charge is 2.19. The zero-order valence-corrected chi connectivity index (χ0v) is 14.6. The van der Waals surface area contributed by atoms with E-state index < -0.39 is 17.2 Å². The highest BCUT2D eigenvalue weighted by Crippen LogP contribution is 2.23. The van der Waals surface area contributed by atoms with E-state index in [0.29, 0.717) is 22.7 Å². The maximum absolute atomic E-state index is 12.6. The lowest BCUT2D eigenvalue weighted by Gasteiger charge is -2.12. The first-order valence-electron chi connectivity index (χ1n) is 7.98. The van der Waals surface area contributed by atoms with Crippen LogP contribution in [0.5, 0.6) is 17.2 Å². The van der Waals surface area contributed by atoms with E-state index in [1.807, 2.05) is 0 Å². The molecule has 0 saturated heterocycles. The summed E-state index contributed by atoms with van der Waals surface area (Å²) < 4.78 is 6.20. The van der Waals surface area contributed by atoms with Gasteiger partial charge in [-0.2, -0.15) is 9.78 Å². The van der Waals surface area contributed by atoms with Crippen molar-refractivity contribution in [1.82, 2.24) is 9.78 Å². The second kappa shape index (κ2) is 7.20. The molecular formula is C19H17N3O5. The van der Waals surface area contributed by atoms with Crippen molar-refractivity contribution in [2.75, 3.05) is 12.4 Å². The van der Waals surface area contributed by atoms with E-state index >= 15 is 0 Å². The lowest BCUT2D eigenvalue weighted by molar-refractivity contribution is 0.101. The van der Waals surface area contributed by atoms with E-state index in [-0.39, 0.29) is 11.4 Å². The Hall–Kier alpha value is -3.81. The van der Waals surface area contributed by atoms with Gasteiger partial charge in [0.15, 0.2) is 11.4 Å². The van der Waals surface area contributed by atoms with Crippen LogP contribution in [0.3, 0.4) is 0 Å². The molecule has 0 aliphatic heterocycles. The van der Waals surface area contributed by atoms with E-state index in [1.54, 1.807) is 31.2 Å². The zero-order valence-electron chi connectivity index (χ0n) is 14.6. The number of aromatic hydroxyl groups is 2. The second-order valence-electron chi connectivity index (χ2n) is 5.75. The molecular weight excluding hydrogens is 350 g/mol. The van der Waals surface area contributed by atoms with Crippen molar-refractivity contribution in [1.29, 1.82) is 0 Å². The van der Waals surface area contributed by atoms with Gasteiger partial charge >= 0.3 is 0 Å². The van der Waals surface area contributed by atoms with Gasteiger partial charge in [0.25, 0.3) is 11.5 Å². The smallest absolute Gasteiger partial charge is 0.279 e. The van der Waals surface area contributed by atoms with Crippen LogP contribution in [-0.4, -0.2) is 33.0 Å². The molecule has 0 fully saturated rings. The van der Waals surface area contributed by atoms with Crippen molar-refractivity contribution in [3.63, 3.8) is 0 Å². The third-order valence-corrected chi connectivity index (χ3v) is 3.90. The number of hydrogen-bond donors (Lipinski definition) is 3. The Labute approximate surface area is 154 Å². The Balaban J connectivity index is 2.03. The number of para-hydroxylation sites is 2. The number of nitrogens with one attached hydrogen (secondary N) is 1. The fraction of sp³-hybridized carbons (Fsp3) is 0.105. The van der Waals surface area contributed by atoms with Gasteiger partial charge in [0, 0.05) is 11.8 Å². The number of carbonyl (C=O) groups excluding carboxylic acids is 1. The SMILES string of the molecule is COc1ccccc1-n1nc(C(=O)Nc2ccc(O)cc2C)c(O)cc1=O. The summed E-state index contributed by atoms with van der Waals surface area (Å²) in [5.41, 5.74) is 0.456. The van der Waals surface area contributed by atoms with Gasteiger partial charge in [-0.1, -0.05) is 12.1 Å². The van der Waals surface area contributed by atoms with E-state index in [1.165, 1.54) is 25.3 Å². The van der Waals surface area contributed by atoms with Crippen LogP contribution in [0.2, 0.25) is 0 Å². The lowest BCUT2D eigenvalue weighted by atomic mass is 10.2. The minimum atomic E-state index is -0.704. The first-order valence-corrected chi connectivity index (χ1v) is 7.98. The normalized spacial score (nSPS) is 10.4. The molecule has 0 radical (unpaired) electrons. The monoisotopic (exact) mass is 367 g/mol. The number of amides is 1. The molecule has 0 bridgehead atoms. The molecule has 0 atom stereocenters. The summed E-state index contributed by atoms with van der Waals surface area (Å²) in [5.74, 6) is -0.792. The zero-order chi connectivity index (χ0) is 19.6. The predicted molar refractivity (Wildman–Crippen MR) is 98.8 cm³/mol. The molecule has 138 valence electrons. The highest BCUT2D eigenvalue weighted by atomic mass is 16.5. The van der Waals surface area contributed by atoms with E-state index in [4.69, 9.17) is 4.74 Å². The number of methoxy groups -OCH3 is 1. The summed E-state index contributed by atoms with van der Waals surface area (Å²) >= 11 is 0. The number of phenols is 1. The molecule has 0 aliphatic carbocycles. The standard InChI is InChI=1S/C19H17N3O5/c1-11-9-12(23)7-8-13(11)20-19(26)18-15(24)10-17(25)22(21-18)14-5-3-4-6-16(14)27-2/h3-10,23-24H,1-2H3,(H,20,26). The van der Waals surface area contributed by atoms with Gasteiger partial charge in [0.1, 0.15) is 17.2 Å². The van der Waals surface area contributed by atoms with Crippen LogP contribution in [0.15, 0.2) is 53.3 Å². The fourth-order valence-corrected chi connectivity index (χ4v) is 2.56. The number of phenolic OH excluding ortho intramolecular Hbond substituents is 1. The van der Waals surface area contributed by atoms with E-state index in [0.717, 1.165) is 10.7 Å². The van der Waals surface area contributed by atoms with E-state index in [2.05, 4.69) is 10.4 Å². The van der Waals surface area contributed by atoms with Gasteiger partial charge in [0.05, 0.1) is 7.11 Å². The topological polar surface area (TPSA) is 114 Å². The summed E-state index contributed by atoms with van der Waals surface area (Å²) in [5, 5.41) is 26.1. The molecule has 1 aromatic heterocycles. The molecule has 2 aromatic carbocycles. The molecule has 1 heterocycles. The summed E-state index contributed by atoms with van der Waals surface area (Å²) in [6.45, 7) is 1.71. The third kappa shape index (κ3) is 3.59. The molecule has 8 heteroatoms. The number of aryl methyl sites for hydroxylation is 1. The summed E-state index contributed by atoms with van der Waals surface area (Å²) in [4.78, 5) is 24.8. The van der Waals surface area contributed by atoms with E-state index in [9.17, 15) is 19.8 Å². The van der Waals surface area contributed by atoms with Crippen molar-refractivity contribution < 1.29 is 19.7 Å². The number of nitrogens with zero attached hydrogens (tertiary/aromatic N) is 2. The van der Waals surface area contributed by atoms with Gasteiger partial charge in [0.2, 0.25) is 0 Å². The van der Waals surface area contributed by atoms with Crippen molar-refractivity contribution in [3.05, 3.63) is 70.1 Å². The van der Waals surface area contributed by atoms with Gasteiger partial charge in [-0.05, 0) is 42.8 Å². The van der Waals surface area contributed by atoms with Gasteiger partial charge < -0.3 is 20.3 Å². The molecule has 3 aromatic rings. The van der Waals surface area contributed by atoms with Crippen molar-refractivity contribution >= 4 is 11.6 Å². The summed E-state index contributed by atoms with van der Waals surface area (Å²) in [7, 11) is 1.45. The van der Waals surface area contributed by atoms with Crippen molar-refractivity contribution in [3.8, 4) is 22.9 Å².